The number of hydroxylamine groups is 2. The van der Waals surface area contributed by atoms with E-state index < -0.39 is 0 Å². The molecule has 0 N–H and O–H groups in total. The van der Waals surface area contributed by atoms with Crippen LogP contribution in [0.3, 0.4) is 0 Å². The molecule has 1 fully saturated rings. The molecule has 1 aliphatic rings. The van der Waals surface area contributed by atoms with E-state index in [2.05, 4.69) is 6.92 Å². The van der Waals surface area contributed by atoms with Gasteiger partial charge in [0, 0.05) is 13.1 Å². The van der Waals surface area contributed by atoms with Crippen LogP contribution in [0.5, 0.6) is 0 Å². The van der Waals surface area contributed by atoms with Gasteiger partial charge in [-0.1, -0.05) is 13.3 Å². The normalized spacial score (nSPS) is 19.1. The van der Waals surface area contributed by atoms with E-state index in [4.69, 9.17) is 4.84 Å². The first kappa shape index (κ1) is 6.05. The summed E-state index contributed by atoms with van der Waals surface area (Å²) < 4.78 is 0. The zero-order chi connectivity index (χ0) is 5.82. The summed E-state index contributed by atoms with van der Waals surface area (Å²) in [7, 11) is 0. The van der Waals surface area contributed by atoms with Gasteiger partial charge >= 0.3 is 0 Å². The van der Waals surface area contributed by atoms with Crippen molar-refractivity contribution in [3.8, 4) is 0 Å². The van der Waals surface area contributed by atoms with Crippen LogP contribution in [-0.4, -0.2) is 24.8 Å². The molecule has 48 valence electrons. The topological polar surface area (TPSA) is 12.2 Å². The van der Waals surface area contributed by atoms with Crippen molar-refractivity contribution in [2.75, 3.05) is 19.7 Å². The molecule has 0 saturated carbocycles. The molecule has 2 nitrogen and oxygen atoms in total. The average Bonchev–Trinajstić information content (AvgIpc) is 2.51. The van der Waals surface area contributed by atoms with E-state index >= 15 is 0 Å². The van der Waals surface area contributed by atoms with Gasteiger partial charge < -0.3 is 0 Å². The van der Waals surface area contributed by atoms with Gasteiger partial charge in [0.05, 0.1) is 6.61 Å². The summed E-state index contributed by atoms with van der Waals surface area (Å²) in [5.74, 6) is 0. The number of unbranched alkanes of at least 4 members (excludes halogenated alkanes) is 1. The summed E-state index contributed by atoms with van der Waals surface area (Å²) in [5, 5.41) is 1.98. The van der Waals surface area contributed by atoms with Crippen LogP contribution in [0.15, 0.2) is 0 Å². The van der Waals surface area contributed by atoms with Gasteiger partial charge in [-0.15, -0.1) is 0 Å². The van der Waals surface area contributed by atoms with Gasteiger partial charge in [-0.05, 0) is 6.42 Å². The third-order valence-corrected chi connectivity index (χ3v) is 1.18. The quantitative estimate of drug-likeness (QED) is 0.401. The highest BCUT2D eigenvalue weighted by Crippen LogP contribution is 2.04. The average molecular weight is 115 g/mol. The summed E-state index contributed by atoms with van der Waals surface area (Å²) in [5.41, 5.74) is 0. The van der Waals surface area contributed by atoms with Gasteiger partial charge in [0.1, 0.15) is 0 Å². The van der Waals surface area contributed by atoms with Crippen LogP contribution in [0.2, 0.25) is 0 Å². The number of rotatable bonds is 4. The monoisotopic (exact) mass is 115 g/mol. The number of hydrogen-bond acceptors (Lipinski definition) is 2. The molecule has 0 aliphatic carbocycles. The van der Waals surface area contributed by atoms with Crippen molar-refractivity contribution < 1.29 is 4.84 Å². The maximum Gasteiger partial charge on any atom is 0.0685 e. The Morgan fingerprint density at radius 2 is 2.25 bits per heavy atom. The molecular formula is C6H13NO. The van der Waals surface area contributed by atoms with E-state index in [9.17, 15) is 0 Å². The second kappa shape index (κ2) is 3.05. The van der Waals surface area contributed by atoms with Crippen molar-refractivity contribution in [1.29, 1.82) is 0 Å². The summed E-state index contributed by atoms with van der Waals surface area (Å²) in [4.78, 5) is 5.23. The van der Waals surface area contributed by atoms with Gasteiger partial charge in [0.15, 0.2) is 0 Å². The molecule has 1 rings (SSSR count). The highest BCUT2D eigenvalue weighted by atomic mass is 16.7. The minimum Gasteiger partial charge on any atom is -0.299 e. The van der Waals surface area contributed by atoms with Crippen LogP contribution in [0.1, 0.15) is 19.8 Å². The Morgan fingerprint density at radius 3 is 2.75 bits per heavy atom. The van der Waals surface area contributed by atoms with Crippen LogP contribution < -0.4 is 0 Å². The molecule has 0 aromatic rings. The van der Waals surface area contributed by atoms with Gasteiger partial charge in [-0.2, -0.15) is 5.06 Å². The number of hydrogen-bond donors (Lipinski definition) is 0. The molecule has 0 aromatic heterocycles. The molecule has 1 aliphatic heterocycles. The van der Waals surface area contributed by atoms with E-state index in [0.717, 1.165) is 19.7 Å². The lowest BCUT2D eigenvalue weighted by atomic mass is 10.4. The Balaban J connectivity index is 1.74. The minimum atomic E-state index is 0.913. The maximum atomic E-state index is 5.23. The molecule has 1 heterocycles. The fraction of sp³-hybridized carbons (Fsp3) is 1.00. The highest BCUT2D eigenvalue weighted by molar-refractivity contribution is 4.60. The first-order chi connectivity index (χ1) is 3.93. The molecule has 8 heavy (non-hydrogen) atoms. The Bertz CT molecular complexity index is 61.5. The first-order valence-corrected chi connectivity index (χ1v) is 3.31. The van der Waals surface area contributed by atoms with Crippen molar-refractivity contribution in [2.24, 2.45) is 0 Å². The van der Waals surface area contributed by atoms with E-state index in [0.29, 0.717) is 0 Å². The van der Waals surface area contributed by atoms with E-state index in [-0.39, 0.29) is 0 Å². The van der Waals surface area contributed by atoms with Crippen molar-refractivity contribution in [1.82, 2.24) is 5.06 Å². The Labute approximate surface area is 50.4 Å². The Hall–Kier alpha value is -0.0800. The van der Waals surface area contributed by atoms with E-state index in [1.54, 1.807) is 0 Å². The van der Waals surface area contributed by atoms with Crippen molar-refractivity contribution >= 4 is 0 Å². The summed E-state index contributed by atoms with van der Waals surface area (Å²) >= 11 is 0. The van der Waals surface area contributed by atoms with Crippen molar-refractivity contribution in [3.05, 3.63) is 0 Å². The van der Waals surface area contributed by atoms with Crippen LogP contribution >= 0.6 is 0 Å². The van der Waals surface area contributed by atoms with Crippen molar-refractivity contribution in [3.63, 3.8) is 0 Å². The first-order valence-electron chi connectivity index (χ1n) is 3.31. The second-order valence-electron chi connectivity index (χ2n) is 2.12. The highest BCUT2D eigenvalue weighted by Gasteiger charge is 2.16. The molecule has 0 bridgehead atoms. The third-order valence-electron chi connectivity index (χ3n) is 1.18. The van der Waals surface area contributed by atoms with Crippen LogP contribution in [0.4, 0.5) is 0 Å². The van der Waals surface area contributed by atoms with E-state index in [1.807, 2.05) is 5.06 Å². The third kappa shape index (κ3) is 2.28. The summed E-state index contributed by atoms with van der Waals surface area (Å²) in [6.07, 6.45) is 2.42. The fourth-order valence-corrected chi connectivity index (χ4v) is 0.508. The summed E-state index contributed by atoms with van der Waals surface area (Å²) in [6.45, 7) is 5.37. The molecule has 0 atom stereocenters. The lowest BCUT2D eigenvalue weighted by molar-refractivity contribution is -0.0649. The predicted molar refractivity (Wildman–Crippen MR) is 32.4 cm³/mol. The predicted octanol–water partition coefficient (Wildman–Crippen LogP) is 1.03. The van der Waals surface area contributed by atoms with Gasteiger partial charge in [-0.25, -0.2) is 0 Å². The van der Waals surface area contributed by atoms with E-state index in [1.165, 1.54) is 12.8 Å². The lowest BCUT2D eigenvalue weighted by Crippen LogP contribution is -1.99. The largest absolute Gasteiger partial charge is 0.299 e. The Morgan fingerprint density at radius 1 is 1.50 bits per heavy atom. The van der Waals surface area contributed by atoms with Gasteiger partial charge in [0.25, 0.3) is 0 Å². The smallest absolute Gasteiger partial charge is 0.0685 e. The van der Waals surface area contributed by atoms with Crippen LogP contribution in [0.25, 0.3) is 0 Å². The van der Waals surface area contributed by atoms with Crippen LogP contribution in [-0.2, 0) is 4.84 Å². The summed E-state index contributed by atoms with van der Waals surface area (Å²) in [6, 6.07) is 0. The standard InChI is InChI=1S/C6H13NO/c1-2-3-6-8-7-4-5-7/h2-6H2,1H3. The minimum absolute atomic E-state index is 0.913. The molecule has 2 heteroatoms. The zero-order valence-electron chi connectivity index (χ0n) is 5.39. The molecule has 0 spiro atoms. The molecule has 0 amide bonds. The molecule has 0 radical (unpaired) electrons. The lowest BCUT2D eigenvalue weighted by Gasteiger charge is -1.98. The molecule has 0 aromatic carbocycles. The SMILES string of the molecule is CCCCON1CC1. The van der Waals surface area contributed by atoms with Crippen molar-refractivity contribution in [2.45, 2.75) is 19.8 Å². The molecule has 1 saturated heterocycles. The fourth-order valence-electron chi connectivity index (χ4n) is 0.508. The second-order valence-corrected chi connectivity index (χ2v) is 2.12. The van der Waals surface area contributed by atoms with Gasteiger partial charge in [-0.3, -0.25) is 4.84 Å². The van der Waals surface area contributed by atoms with Crippen LogP contribution in [0, 0.1) is 0 Å². The Kier molecular flexibility index (Phi) is 2.30. The number of nitrogens with zero attached hydrogens (tertiary/aromatic N) is 1. The van der Waals surface area contributed by atoms with Gasteiger partial charge in [0.2, 0.25) is 0 Å². The maximum absolute atomic E-state index is 5.23. The molecular weight excluding hydrogens is 102 g/mol. The zero-order valence-corrected chi connectivity index (χ0v) is 5.39. The molecule has 0 unspecified atom stereocenters.